The molecule has 0 saturated heterocycles. The third-order valence-electron chi connectivity index (χ3n) is 5.04. The van der Waals surface area contributed by atoms with Gasteiger partial charge in [-0.15, -0.1) is 0 Å². The molecule has 2 aliphatic rings. The fraction of sp³-hybridized carbons (Fsp3) is 0.300. The molecular weight excluding hydrogens is 302 g/mol. The number of methoxy groups -OCH3 is 1. The van der Waals surface area contributed by atoms with E-state index in [1.165, 1.54) is 16.0 Å². The second kappa shape index (κ2) is 5.78. The van der Waals surface area contributed by atoms with Gasteiger partial charge in [-0.25, -0.2) is 0 Å². The van der Waals surface area contributed by atoms with E-state index in [9.17, 15) is 9.59 Å². The Morgan fingerprint density at radius 2 is 1.71 bits per heavy atom. The van der Waals surface area contributed by atoms with Gasteiger partial charge in [0.2, 0.25) is 0 Å². The van der Waals surface area contributed by atoms with E-state index in [-0.39, 0.29) is 17.9 Å². The van der Waals surface area contributed by atoms with Crippen LogP contribution in [0.4, 0.5) is 0 Å². The number of fused-ring (bicyclic) bond motifs is 2. The van der Waals surface area contributed by atoms with Gasteiger partial charge in [-0.3, -0.25) is 14.5 Å². The molecule has 4 nitrogen and oxygen atoms in total. The predicted molar refractivity (Wildman–Crippen MR) is 90.4 cm³/mol. The standard InChI is InChI=1S/C20H19NO3/c1-24-16-10-9-13-5-4-6-15(11-14(13)12-16)21-19(22)17-7-2-3-8-18(17)20(21)23/h2-3,7-10,12,15H,4-6,11H2,1H3/t15-/m1/s1. The highest BCUT2D eigenvalue weighted by Crippen LogP contribution is 2.31. The molecule has 0 aromatic heterocycles. The van der Waals surface area contributed by atoms with Crippen molar-refractivity contribution >= 4 is 11.8 Å². The normalized spacial score (nSPS) is 19.7. The molecule has 0 N–H and O–H groups in total. The van der Waals surface area contributed by atoms with Crippen molar-refractivity contribution in [3.05, 3.63) is 64.7 Å². The Morgan fingerprint density at radius 1 is 1.00 bits per heavy atom. The van der Waals surface area contributed by atoms with Crippen LogP contribution in [-0.4, -0.2) is 29.9 Å². The van der Waals surface area contributed by atoms with Gasteiger partial charge in [0.15, 0.2) is 0 Å². The van der Waals surface area contributed by atoms with Crippen LogP contribution < -0.4 is 4.74 Å². The molecule has 2 aromatic carbocycles. The van der Waals surface area contributed by atoms with Gasteiger partial charge in [0.25, 0.3) is 11.8 Å². The number of amides is 2. The van der Waals surface area contributed by atoms with E-state index in [2.05, 4.69) is 6.07 Å². The van der Waals surface area contributed by atoms with Gasteiger partial charge < -0.3 is 4.74 Å². The van der Waals surface area contributed by atoms with Crippen molar-refractivity contribution in [3.8, 4) is 5.75 Å². The number of hydrogen-bond donors (Lipinski definition) is 0. The number of aryl methyl sites for hydroxylation is 1. The molecule has 2 aromatic rings. The summed E-state index contributed by atoms with van der Waals surface area (Å²) in [5, 5.41) is 0. The minimum Gasteiger partial charge on any atom is -0.497 e. The molecule has 24 heavy (non-hydrogen) atoms. The first kappa shape index (κ1) is 14.9. The number of ether oxygens (including phenoxy) is 1. The summed E-state index contributed by atoms with van der Waals surface area (Å²) in [7, 11) is 1.65. The zero-order chi connectivity index (χ0) is 16.7. The SMILES string of the molecule is COc1ccc2c(c1)C[C@H](N1C(=O)c3ccccc3C1=O)CCC2. The molecule has 0 fully saturated rings. The highest BCUT2D eigenvalue weighted by molar-refractivity contribution is 6.21. The monoisotopic (exact) mass is 321 g/mol. The fourth-order valence-electron chi connectivity index (χ4n) is 3.81. The Morgan fingerprint density at radius 3 is 2.38 bits per heavy atom. The van der Waals surface area contributed by atoms with Crippen molar-refractivity contribution in [2.75, 3.05) is 7.11 Å². The summed E-state index contributed by atoms with van der Waals surface area (Å²) < 4.78 is 5.33. The Kier molecular flexibility index (Phi) is 3.60. The molecule has 122 valence electrons. The van der Waals surface area contributed by atoms with Crippen LogP contribution in [0.3, 0.4) is 0 Å². The van der Waals surface area contributed by atoms with Gasteiger partial charge in [-0.1, -0.05) is 18.2 Å². The lowest BCUT2D eigenvalue weighted by Gasteiger charge is -2.25. The molecule has 1 aliphatic heterocycles. The second-order valence-electron chi connectivity index (χ2n) is 6.41. The maximum Gasteiger partial charge on any atom is 0.261 e. The van der Waals surface area contributed by atoms with Crippen LogP contribution in [0.5, 0.6) is 5.75 Å². The molecule has 0 unspecified atom stereocenters. The van der Waals surface area contributed by atoms with E-state index in [1.807, 2.05) is 12.1 Å². The van der Waals surface area contributed by atoms with Gasteiger partial charge >= 0.3 is 0 Å². The van der Waals surface area contributed by atoms with Crippen molar-refractivity contribution in [2.24, 2.45) is 0 Å². The van der Waals surface area contributed by atoms with Crippen LogP contribution >= 0.6 is 0 Å². The van der Waals surface area contributed by atoms with Gasteiger partial charge in [-0.2, -0.15) is 0 Å². The van der Waals surface area contributed by atoms with Crippen LogP contribution in [0, 0.1) is 0 Å². The number of benzene rings is 2. The van der Waals surface area contributed by atoms with Gasteiger partial charge in [0.05, 0.1) is 18.2 Å². The van der Waals surface area contributed by atoms with Crippen LogP contribution in [0.2, 0.25) is 0 Å². The topological polar surface area (TPSA) is 46.6 Å². The number of imide groups is 1. The number of hydrogen-bond acceptors (Lipinski definition) is 3. The average Bonchev–Trinajstić information content (AvgIpc) is 2.76. The van der Waals surface area contributed by atoms with Crippen molar-refractivity contribution in [1.29, 1.82) is 0 Å². The minimum atomic E-state index is -0.160. The number of carbonyl (C=O) groups is 2. The molecule has 1 aliphatic carbocycles. The first-order valence-electron chi connectivity index (χ1n) is 8.32. The van der Waals surface area contributed by atoms with Crippen LogP contribution in [0.25, 0.3) is 0 Å². The Labute approximate surface area is 141 Å². The zero-order valence-corrected chi connectivity index (χ0v) is 13.6. The number of rotatable bonds is 2. The minimum absolute atomic E-state index is 0.0919. The summed E-state index contributed by atoms with van der Waals surface area (Å²) in [4.78, 5) is 26.9. The van der Waals surface area contributed by atoms with Gasteiger partial charge in [0.1, 0.15) is 5.75 Å². The number of carbonyl (C=O) groups excluding carboxylic acids is 2. The van der Waals surface area contributed by atoms with Crippen LogP contribution in [0.1, 0.15) is 44.7 Å². The van der Waals surface area contributed by atoms with Gasteiger partial charge in [-0.05, 0) is 61.1 Å². The van der Waals surface area contributed by atoms with Crippen molar-refractivity contribution in [2.45, 2.75) is 31.7 Å². The van der Waals surface area contributed by atoms with E-state index >= 15 is 0 Å². The molecule has 1 heterocycles. The average molecular weight is 321 g/mol. The van der Waals surface area contributed by atoms with Crippen molar-refractivity contribution in [1.82, 2.24) is 4.90 Å². The van der Waals surface area contributed by atoms with Crippen LogP contribution in [-0.2, 0) is 12.8 Å². The summed E-state index contributed by atoms with van der Waals surface area (Å²) in [6, 6.07) is 13.1. The zero-order valence-electron chi connectivity index (χ0n) is 13.6. The van der Waals surface area contributed by atoms with E-state index < -0.39 is 0 Å². The highest BCUT2D eigenvalue weighted by atomic mass is 16.5. The molecule has 0 radical (unpaired) electrons. The first-order valence-corrected chi connectivity index (χ1v) is 8.32. The first-order chi connectivity index (χ1) is 11.7. The van der Waals surface area contributed by atoms with Gasteiger partial charge in [0, 0.05) is 6.04 Å². The molecule has 0 saturated carbocycles. The summed E-state index contributed by atoms with van der Waals surface area (Å²) >= 11 is 0. The molecule has 4 heteroatoms. The van der Waals surface area contributed by atoms with E-state index in [0.29, 0.717) is 17.5 Å². The summed E-state index contributed by atoms with van der Waals surface area (Å²) in [5.74, 6) is 0.496. The summed E-state index contributed by atoms with van der Waals surface area (Å²) in [5.41, 5.74) is 3.51. The third-order valence-corrected chi connectivity index (χ3v) is 5.04. The smallest absolute Gasteiger partial charge is 0.261 e. The molecule has 0 spiro atoms. The summed E-state index contributed by atoms with van der Waals surface area (Å²) in [6.45, 7) is 0. The predicted octanol–water partition coefficient (Wildman–Crippen LogP) is 3.24. The van der Waals surface area contributed by atoms with E-state index in [4.69, 9.17) is 4.74 Å². The second-order valence-corrected chi connectivity index (χ2v) is 6.41. The molecule has 1 atom stereocenters. The quantitative estimate of drug-likeness (QED) is 0.630. The Hall–Kier alpha value is -2.62. The lowest BCUT2D eigenvalue weighted by molar-refractivity contribution is 0.0576. The molecule has 2 amide bonds. The van der Waals surface area contributed by atoms with Crippen LogP contribution in [0.15, 0.2) is 42.5 Å². The Balaban J connectivity index is 1.68. The largest absolute Gasteiger partial charge is 0.497 e. The molecule has 4 rings (SSSR count). The highest BCUT2D eigenvalue weighted by Gasteiger charge is 2.40. The maximum absolute atomic E-state index is 12.7. The van der Waals surface area contributed by atoms with E-state index in [0.717, 1.165) is 25.0 Å². The third kappa shape index (κ3) is 2.30. The Bertz CT molecular complexity index is 792. The number of nitrogens with zero attached hydrogens (tertiary/aromatic N) is 1. The van der Waals surface area contributed by atoms with Crippen molar-refractivity contribution < 1.29 is 14.3 Å². The summed E-state index contributed by atoms with van der Waals surface area (Å²) in [6.07, 6.45) is 3.47. The fourth-order valence-corrected chi connectivity index (χ4v) is 3.81. The van der Waals surface area contributed by atoms with Crippen molar-refractivity contribution in [3.63, 3.8) is 0 Å². The molecular formula is C20H19NO3. The lowest BCUT2D eigenvalue weighted by Crippen LogP contribution is -2.40. The lowest BCUT2D eigenvalue weighted by atomic mass is 10.0. The van der Waals surface area contributed by atoms with E-state index in [1.54, 1.807) is 31.4 Å². The molecule has 0 bridgehead atoms. The maximum atomic E-state index is 12.7.